The lowest BCUT2D eigenvalue weighted by atomic mass is 10.2. The molecule has 0 aliphatic rings. The lowest BCUT2D eigenvalue weighted by molar-refractivity contribution is -0.385. The van der Waals surface area contributed by atoms with E-state index in [-0.39, 0.29) is 17.1 Å². The van der Waals surface area contributed by atoms with Gasteiger partial charge in [0.15, 0.2) is 5.75 Å². The van der Waals surface area contributed by atoms with Crippen molar-refractivity contribution in [2.24, 2.45) is 5.10 Å². The summed E-state index contributed by atoms with van der Waals surface area (Å²) >= 11 is 0. The molecule has 1 N–H and O–H groups in total. The highest BCUT2D eigenvalue weighted by atomic mass is 32.2. The lowest BCUT2D eigenvalue weighted by Gasteiger charge is -2.21. The van der Waals surface area contributed by atoms with Gasteiger partial charge in [0.25, 0.3) is 5.91 Å². The van der Waals surface area contributed by atoms with Crippen LogP contribution in [0.2, 0.25) is 0 Å². The number of ether oxygens (including phenoxy) is 2. The van der Waals surface area contributed by atoms with E-state index in [2.05, 4.69) is 10.5 Å². The second-order valence-electron chi connectivity index (χ2n) is 6.18. The van der Waals surface area contributed by atoms with Crippen molar-refractivity contribution in [2.75, 3.05) is 30.8 Å². The number of hydrogen-bond donors (Lipinski definition) is 1. The Morgan fingerprint density at radius 3 is 2.48 bits per heavy atom. The lowest BCUT2D eigenvalue weighted by Crippen LogP contribution is -2.39. The Kier molecular flexibility index (Phi) is 7.91. The first-order valence-electron chi connectivity index (χ1n) is 9.00. The number of rotatable bonds is 10. The van der Waals surface area contributed by atoms with Crippen LogP contribution in [0.25, 0.3) is 0 Å². The van der Waals surface area contributed by atoms with Crippen LogP contribution in [0.1, 0.15) is 12.5 Å². The predicted molar refractivity (Wildman–Crippen MR) is 115 cm³/mol. The molecular formula is C19H22N4O7S. The fourth-order valence-corrected chi connectivity index (χ4v) is 3.41. The second kappa shape index (κ2) is 10.4. The number of carbonyl (C=O) groups is 1. The van der Waals surface area contributed by atoms with E-state index < -0.39 is 27.4 Å². The van der Waals surface area contributed by atoms with Gasteiger partial charge in [-0.15, -0.1) is 0 Å². The number of methoxy groups -OCH3 is 1. The normalized spacial score (nSPS) is 11.2. The summed E-state index contributed by atoms with van der Waals surface area (Å²) in [6.45, 7) is 1.78. The number of hydrogen-bond acceptors (Lipinski definition) is 8. The highest BCUT2D eigenvalue weighted by Gasteiger charge is 2.21. The largest absolute Gasteiger partial charge is 0.494 e. The molecule has 0 aliphatic heterocycles. The molecule has 2 rings (SSSR count). The number of sulfonamides is 1. The molecular weight excluding hydrogens is 428 g/mol. The molecule has 166 valence electrons. The van der Waals surface area contributed by atoms with E-state index in [1.165, 1.54) is 43.7 Å². The number of anilines is 1. The second-order valence-corrected chi connectivity index (χ2v) is 8.08. The van der Waals surface area contributed by atoms with Crippen LogP contribution in [0.4, 0.5) is 11.4 Å². The van der Waals surface area contributed by atoms with Gasteiger partial charge in [0.1, 0.15) is 12.3 Å². The van der Waals surface area contributed by atoms with Crippen LogP contribution < -0.4 is 19.2 Å². The Bertz CT molecular complexity index is 1070. The first-order chi connectivity index (χ1) is 14.7. The average Bonchev–Trinajstić information content (AvgIpc) is 2.72. The molecule has 0 spiro atoms. The zero-order chi connectivity index (χ0) is 23.0. The Morgan fingerprint density at radius 1 is 1.26 bits per heavy atom. The summed E-state index contributed by atoms with van der Waals surface area (Å²) in [5.41, 5.74) is 2.59. The molecule has 2 aromatic carbocycles. The highest BCUT2D eigenvalue weighted by molar-refractivity contribution is 7.92. The van der Waals surface area contributed by atoms with Gasteiger partial charge in [-0.1, -0.05) is 0 Å². The number of hydrazone groups is 1. The van der Waals surface area contributed by atoms with Crippen LogP contribution in [-0.4, -0.2) is 52.0 Å². The summed E-state index contributed by atoms with van der Waals surface area (Å²) in [5.74, 6) is -0.0359. The van der Waals surface area contributed by atoms with Crippen molar-refractivity contribution in [1.29, 1.82) is 0 Å². The van der Waals surface area contributed by atoms with E-state index in [0.29, 0.717) is 17.9 Å². The molecule has 0 aromatic heterocycles. The molecule has 11 nitrogen and oxygen atoms in total. The monoisotopic (exact) mass is 450 g/mol. The minimum atomic E-state index is -3.75. The van der Waals surface area contributed by atoms with Crippen molar-refractivity contribution < 1.29 is 27.6 Å². The fraction of sp³-hybridized carbons (Fsp3) is 0.263. The molecule has 0 saturated carbocycles. The first kappa shape index (κ1) is 23.6. The quantitative estimate of drug-likeness (QED) is 0.331. The summed E-state index contributed by atoms with van der Waals surface area (Å²) in [5, 5.41) is 14.8. The van der Waals surface area contributed by atoms with Gasteiger partial charge in [-0.05, 0) is 43.3 Å². The number of benzene rings is 2. The SMILES string of the molecule is CCOc1ccc(N(CC(=O)N/N=C\c2ccc(OC)c([N+](=O)[O-])c2)S(C)(=O)=O)cc1. The van der Waals surface area contributed by atoms with E-state index >= 15 is 0 Å². The summed E-state index contributed by atoms with van der Waals surface area (Å²) in [6.07, 6.45) is 2.18. The van der Waals surface area contributed by atoms with Crippen LogP contribution in [0.3, 0.4) is 0 Å². The maximum atomic E-state index is 12.2. The van der Waals surface area contributed by atoms with E-state index in [1.807, 2.05) is 6.92 Å². The molecule has 0 fully saturated rings. The van der Waals surface area contributed by atoms with Gasteiger partial charge in [-0.3, -0.25) is 19.2 Å². The van der Waals surface area contributed by atoms with E-state index in [1.54, 1.807) is 12.1 Å². The zero-order valence-corrected chi connectivity index (χ0v) is 18.0. The minimum absolute atomic E-state index is 0.0883. The summed E-state index contributed by atoms with van der Waals surface area (Å²) in [4.78, 5) is 22.7. The summed E-state index contributed by atoms with van der Waals surface area (Å²) in [6, 6.07) is 10.4. The third kappa shape index (κ3) is 6.67. The topological polar surface area (TPSA) is 140 Å². The van der Waals surface area contributed by atoms with Gasteiger partial charge in [0.05, 0.1) is 36.8 Å². The molecule has 31 heavy (non-hydrogen) atoms. The predicted octanol–water partition coefficient (Wildman–Crippen LogP) is 1.92. The molecule has 1 amide bonds. The smallest absolute Gasteiger partial charge is 0.311 e. The van der Waals surface area contributed by atoms with Gasteiger partial charge in [-0.25, -0.2) is 13.8 Å². The standard InChI is InChI=1S/C19H22N4O7S/c1-4-30-16-8-6-15(7-9-16)22(31(3,27)28)13-19(24)21-20-12-14-5-10-18(29-2)17(11-14)23(25)26/h5-12H,4,13H2,1-3H3,(H,21,24)/b20-12-. The molecule has 0 bridgehead atoms. The zero-order valence-electron chi connectivity index (χ0n) is 17.1. The third-order valence-corrected chi connectivity index (χ3v) is 5.07. The van der Waals surface area contributed by atoms with Crippen molar-refractivity contribution in [3.63, 3.8) is 0 Å². The van der Waals surface area contributed by atoms with E-state index in [9.17, 15) is 23.3 Å². The van der Waals surface area contributed by atoms with Crippen LogP contribution >= 0.6 is 0 Å². The Hall–Kier alpha value is -3.67. The van der Waals surface area contributed by atoms with Crippen molar-refractivity contribution in [3.8, 4) is 11.5 Å². The Morgan fingerprint density at radius 2 is 1.94 bits per heavy atom. The van der Waals surface area contributed by atoms with Gasteiger partial charge in [-0.2, -0.15) is 5.10 Å². The molecule has 12 heteroatoms. The molecule has 0 radical (unpaired) electrons. The maximum absolute atomic E-state index is 12.2. The molecule has 0 atom stereocenters. The van der Waals surface area contributed by atoms with Gasteiger partial charge < -0.3 is 9.47 Å². The van der Waals surface area contributed by atoms with Crippen molar-refractivity contribution in [3.05, 3.63) is 58.1 Å². The maximum Gasteiger partial charge on any atom is 0.311 e. The summed E-state index contributed by atoms with van der Waals surface area (Å²) in [7, 11) is -2.43. The molecule has 2 aromatic rings. The van der Waals surface area contributed by atoms with Crippen LogP contribution in [0.15, 0.2) is 47.6 Å². The summed E-state index contributed by atoms with van der Waals surface area (Å²) < 4.78 is 35.4. The molecule has 0 unspecified atom stereocenters. The van der Waals surface area contributed by atoms with E-state index in [0.717, 1.165) is 10.6 Å². The fourth-order valence-electron chi connectivity index (χ4n) is 2.55. The van der Waals surface area contributed by atoms with Crippen molar-refractivity contribution in [2.45, 2.75) is 6.92 Å². The van der Waals surface area contributed by atoms with Gasteiger partial charge >= 0.3 is 5.69 Å². The van der Waals surface area contributed by atoms with Crippen molar-refractivity contribution in [1.82, 2.24) is 5.43 Å². The van der Waals surface area contributed by atoms with Gasteiger partial charge in [0, 0.05) is 11.6 Å². The van der Waals surface area contributed by atoms with E-state index in [4.69, 9.17) is 9.47 Å². The number of nitrogens with one attached hydrogen (secondary N) is 1. The Labute approximate surface area is 179 Å². The number of nitro groups is 1. The van der Waals surface area contributed by atoms with Crippen molar-refractivity contribution >= 4 is 33.5 Å². The van der Waals surface area contributed by atoms with Gasteiger partial charge in [0.2, 0.25) is 10.0 Å². The van der Waals surface area contributed by atoms with Crippen LogP contribution in [0, 0.1) is 10.1 Å². The highest BCUT2D eigenvalue weighted by Crippen LogP contribution is 2.27. The Balaban J connectivity index is 2.10. The number of nitrogens with zero attached hydrogens (tertiary/aromatic N) is 3. The number of nitro benzene ring substituents is 1. The molecule has 0 aliphatic carbocycles. The van der Waals surface area contributed by atoms with Crippen LogP contribution in [-0.2, 0) is 14.8 Å². The first-order valence-corrected chi connectivity index (χ1v) is 10.9. The van der Waals surface area contributed by atoms with Crippen LogP contribution in [0.5, 0.6) is 11.5 Å². The average molecular weight is 450 g/mol. The minimum Gasteiger partial charge on any atom is -0.494 e. The molecule has 0 heterocycles. The molecule has 0 saturated heterocycles. The third-order valence-electron chi connectivity index (χ3n) is 3.93. The number of amides is 1. The number of carbonyl (C=O) groups excluding carboxylic acids is 1.